The van der Waals surface area contributed by atoms with Crippen LogP contribution in [0.2, 0.25) is 5.02 Å². The van der Waals surface area contributed by atoms with Crippen molar-refractivity contribution in [1.29, 1.82) is 0 Å². The first kappa shape index (κ1) is 15.4. The number of hydrogen-bond donors (Lipinski definition) is 1. The number of fused-ring (bicyclic) bond motifs is 1. The molecular weight excluding hydrogens is 296 g/mol. The Labute approximate surface area is 126 Å². The quantitative estimate of drug-likeness (QED) is 0.694. The van der Waals surface area contributed by atoms with Gasteiger partial charge in [-0.25, -0.2) is 4.79 Å². The molecule has 0 unspecified atom stereocenters. The zero-order chi connectivity index (χ0) is 15.6. The predicted octanol–water partition coefficient (Wildman–Crippen LogP) is 2.96. The minimum Gasteiger partial charge on any atom is -0.506 e. The molecule has 2 aromatic rings. The Morgan fingerprint density at radius 2 is 2.14 bits per heavy atom. The summed E-state index contributed by atoms with van der Waals surface area (Å²) in [5, 5.41) is 10.4. The summed E-state index contributed by atoms with van der Waals surface area (Å²) in [4.78, 5) is 23.4. The van der Waals surface area contributed by atoms with E-state index in [1.807, 2.05) is 0 Å². The lowest BCUT2D eigenvalue weighted by atomic mass is 10.0. The highest BCUT2D eigenvalue weighted by Crippen LogP contribution is 2.30. The van der Waals surface area contributed by atoms with E-state index in [9.17, 15) is 14.7 Å². The van der Waals surface area contributed by atoms with Gasteiger partial charge in [-0.3, -0.25) is 4.79 Å². The van der Waals surface area contributed by atoms with E-state index in [1.54, 1.807) is 19.9 Å². The van der Waals surface area contributed by atoms with Crippen molar-refractivity contribution >= 4 is 28.5 Å². The third-order valence-corrected chi connectivity index (χ3v) is 3.54. The number of aromatic hydroxyl groups is 1. The first-order chi connectivity index (χ1) is 9.93. The predicted molar refractivity (Wildman–Crippen MR) is 78.8 cm³/mol. The highest BCUT2D eigenvalue weighted by Gasteiger charge is 2.15. The smallest absolute Gasteiger partial charge is 0.339 e. The standard InChI is InChI=1S/C15H15ClO5/c1-3-20-14(18)5-4-9-8(2)10-6-11(16)12(17)7-13(10)21-15(9)19/h6-7,17H,3-5H2,1-2H3. The fraction of sp³-hybridized carbons (Fsp3) is 0.333. The van der Waals surface area contributed by atoms with Crippen molar-refractivity contribution in [3.63, 3.8) is 0 Å². The summed E-state index contributed by atoms with van der Waals surface area (Å²) in [6.45, 7) is 3.79. The number of halogens is 1. The molecule has 0 fully saturated rings. The summed E-state index contributed by atoms with van der Waals surface area (Å²) >= 11 is 5.88. The highest BCUT2D eigenvalue weighted by molar-refractivity contribution is 6.32. The topological polar surface area (TPSA) is 76.7 Å². The van der Waals surface area contributed by atoms with Gasteiger partial charge in [-0.05, 0) is 31.9 Å². The molecular formula is C15H15ClO5. The Balaban J connectivity index is 2.43. The fourth-order valence-corrected chi connectivity index (χ4v) is 2.31. The van der Waals surface area contributed by atoms with E-state index in [0.29, 0.717) is 23.1 Å². The summed E-state index contributed by atoms with van der Waals surface area (Å²) in [6.07, 6.45) is 0.345. The molecule has 1 aromatic heterocycles. The zero-order valence-corrected chi connectivity index (χ0v) is 12.5. The van der Waals surface area contributed by atoms with E-state index in [0.717, 1.165) is 0 Å². The van der Waals surface area contributed by atoms with Crippen LogP contribution in [0.3, 0.4) is 0 Å². The van der Waals surface area contributed by atoms with Crippen molar-refractivity contribution in [3.05, 3.63) is 38.7 Å². The van der Waals surface area contributed by atoms with Gasteiger partial charge in [0.25, 0.3) is 0 Å². The first-order valence-corrected chi connectivity index (χ1v) is 6.92. The highest BCUT2D eigenvalue weighted by atomic mass is 35.5. The van der Waals surface area contributed by atoms with Gasteiger partial charge in [0, 0.05) is 23.4 Å². The van der Waals surface area contributed by atoms with Gasteiger partial charge in [0.05, 0.1) is 11.6 Å². The molecule has 0 aliphatic carbocycles. The van der Waals surface area contributed by atoms with Gasteiger partial charge in [0.15, 0.2) is 0 Å². The van der Waals surface area contributed by atoms with Crippen LogP contribution in [-0.2, 0) is 16.0 Å². The molecule has 0 aliphatic rings. The van der Waals surface area contributed by atoms with Crippen molar-refractivity contribution < 1.29 is 19.1 Å². The van der Waals surface area contributed by atoms with E-state index in [1.165, 1.54) is 6.07 Å². The van der Waals surface area contributed by atoms with E-state index in [-0.39, 0.29) is 35.2 Å². The second kappa shape index (κ2) is 6.18. The van der Waals surface area contributed by atoms with E-state index < -0.39 is 5.63 Å². The van der Waals surface area contributed by atoms with Crippen LogP contribution < -0.4 is 5.63 Å². The molecule has 5 nitrogen and oxygen atoms in total. The van der Waals surface area contributed by atoms with Gasteiger partial charge in [0.2, 0.25) is 0 Å². The third-order valence-electron chi connectivity index (χ3n) is 3.24. The van der Waals surface area contributed by atoms with Gasteiger partial charge >= 0.3 is 11.6 Å². The van der Waals surface area contributed by atoms with Crippen molar-refractivity contribution in [2.24, 2.45) is 0 Å². The van der Waals surface area contributed by atoms with Crippen LogP contribution >= 0.6 is 11.6 Å². The fourth-order valence-electron chi connectivity index (χ4n) is 2.15. The lowest BCUT2D eigenvalue weighted by molar-refractivity contribution is -0.143. The molecule has 0 saturated carbocycles. The lowest BCUT2D eigenvalue weighted by Crippen LogP contribution is -2.13. The molecule has 6 heteroatoms. The number of aryl methyl sites for hydroxylation is 1. The van der Waals surface area contributed by atoms with Gasteiger partial charge in [-0.2, -0.15) is 0 Å². The van der Waals surface area contributed by atoms with Crippen LogP contribution in [0.5, 0.6) is 5.75 Å². The molecule has 0 spiro atoms. The number of phenols is 1. The number of carbonyl (C=O) groups excluding carboxylic acids is 1. The van der Waals surface area contributed by atoms with Crippen molar-refractivity contribution in [1.82, 2.24) is 0 Å². The van der Waals surface area contributed by atoms with E-state index in [4.69, 9.17) is 20.8 Å². The number of hydrogen-bond acceptors (Lipinski definition) is 5. The van der Waals surface area contributed by atoms with Crippen LogP contribution in [0.1, 0.15) is 24.5 Å². The lowest BCUT2D eigenvalue weighted by Gasteiger charge is -2.08. The maximum Gasteiger partial charge on any atom is 0.339 e. The molecule has 1 N–H and O–H groups in total. The largest absolute Gasteiger partial charge is 0.506 e. The number of esters is 1. The molecule has 1 heterocycles. The Hall–Kier alpha value is -2.01. The van der Waals surface area contributed by atoms with Crippen LogP contribution in [-0.4, -0.2) is 17.7 Å². The minimum absolute atomic E-state index is 0.108. The molecule has 0 amide bonds. The van der Waals surface area contributed by atoms with Crippen LogP contribution in [0.15, 0.2) is 21.3 Å². The van der Waals surface area contributed by atoms with Gasteiger partial charge in [-0.15, -0.1) is 0 Å². The number of carbonyl (C=O) groups is 1. The average molecular weight is 311 g/mol. The number of rotatable bonds is 4. The van der Waals surface area contributed by atoms with Crippen molar-refractivity contribution in [2.75, 3.05) is 6.61 Å². The second-order valence-electron chi connectivity index (χ2n) is 4.60. The number of phenolic OH excluding ortho intramolecular Hbond substituents is 1. The summed E-state index contributed by atoms with van der Waals surface area (Å²) in [7, 11) is 0. The van der Waals surface area contributed by atoms with Crippen LogP contribution in [0, 0.1) is 6.92 Å². The minimum atomic E-state index is -0.522. The summed E-state index contributed by atoms with van der Waals surface area (Å²) in [5.74, 6) is -0.508. The Bertz CT molecular complexity index is 748. The molecule has 112 valence electrons. The second-order valence-corrected chi connectivity index (χ2v) is 5.01. The van der Waals surface area contributed by atoms with Gasteiger partial charge in [0.1, 0.15) is 11.3 Å². The summed E-state index contributed by atoms with van der Waals surface area (Å²) in [6, 6.07) is 2.85. The maximum atomic E-state index is 12.0. The van der Waals surface area contributed by atoms with E-state index in [2.05, 4.69) is 0 Å². The molecule has 0 saturated heterocycles. The maximum absolute atomic E-state index is 12.0. The van der Waals surface area contributed by atoms with Crippen LogP contribution in [0.4, 0.5) is 0 Å². The van der Waals surface area contributed by atoms with Gasteiger partial charge in [-0.1, -0.05) is 11.6 Å². The van der Waals surface area contributed by atoms with Gasteiger partial charge < -0.3 is 14.3 Å². The Kier molecular flexibility index (Phi) is 4.53. The first-order valence-electron chi connectivity index (χ1n) is 6.54. The molecule has 2 rings (SSSR count). The molecule has 21 heavy (non-hydrogen) atoms. The van der Waals surface area contributed by atoms with E-state index >= 15 is 0 Å². The monoisotopic (exact) mass is 310 g/mol. The summed E-state index contributed by atoms with van der Waals surface area (Å²) < 4.78 is 10.0. The molecule has 1 aromatic carbocycles. The Morgan fingerprint density at radius 3 is 2.81 bits per heavy atom. The molecule has 0 bridgehead atoms. The number of ether oxygens (including phenoxy) is 1. The SMILES string of the molecule is CCOC(=O)CCc1c(C)c2cc(Cl)c(O)cc2oc1=O. The Morgan fingerprint density at radius 1 is 1.43 bits per heavy atom. The third kappa shape index (κ3) is 3.19. The molecule has 0 radical (unpaired) electrons. The normalized spacial score (nSPS) is 10.8. The summed E-state index contributed by atoms with van der Waals surface area (Å²) in [5.41, 5.74) is 0.843. The van der Waals surface area contributed by atoms with Crippen LogP contribution in [0.25, 0.3) is 11.0 Å². The molecule has 0 aliphatic heterocycles. The average Bonchev–Trinajstić information content (AvgIpc) is 2.41. The molecule has 0 atom stereocenters. The number of benzene rings is 1. The van der Waals surface area contributed by atoms with Crippen molar-refractivity contribution in [2.45, 2.75) is 26.7 Å². The van der Waals surface area contributed by atoms with Crippen molar-refractivity contribution in [3.8, 4) is 5.75 Å². The zero-order valence-electron chi connectivity index (χ0n) is 11.7.